The molecule has 2 heterocycles. The molecule has 3 rings (SSSR count). The molecular weight excluding hydrogens is 310 g/mol. The van der Waals surface area contributed by atoms with Crippen LogP contribution >= 0.6 is 0 Å². The highest BCUT2D eigenvalue weighted by Crippen LogP contribution is 2.30. The summed E-state index contributed by atoms with van der Waals surface area (Å²) >= 11 is 0. The van der Waals surface area contributed by atoms with Crippen LogP contribution in [0.4, 0.5) is 0 Å². The number of amides is 1. The average Bonchev–Trinajstić information content (AvgIpc) is 2.98. The van der Waals surface area contributed by atoms with Crippen LogP contribution in [-0.2, 0) is 0 Å². The van der Waals surface area contributed by atoms with E-state index in [1.54, 1.807) is 6.20 Å². The Morgan fingerprint density at radius 3 is 2.52 bits per heavy atom. The molecule has 25 heavy (non-hydrogen) atoms. The number of aromatic nitrogens is 2. The Labute approximate surface area is 148 Å². The number of aromatic amines is 1. The molecule has 0 aliphatic rings. The summed E-state index contributed by atoms with van der Waals surface area (Å²) in [4.78, 5) is 22.6. The lowest BCUT2D eigenvalue weighted by atomic mass is 10.0. The lowest BCUT2D eigenvalue weighted by Gasteiger charge is -2.27. The van der Waals surface area contributed by atoms with E-state index in [9.17, 15) is 4.79 Å². The lowest BCUT2D eigenvalue weighted by Crippen LogP contribution is -2.31. The monoisotopic (exact) mass is 335 g/mol. The molecule has 130 valence electrons. The Kier molecular flexibility index (Phi) is 4.62. The number of pyridine rings is 1. The number of carbonyl (C=O) groups is 1. The zero-order chi connectivity index (χ0) is 18.1. The number of nitrogens with zero attached hydrogens (tertiary/aromatic N) is 2. The summed E-state index contributed by atoms with van der Waals surface area (Å²) < 4.78 is 0. The van der Waals surface area contributed by atoms with E-state index in [2.05, 4.69) is 42.9 Å². The summed E-state index contributed by atoms with van der Waals surface area (Å²) in [5.74, 6) is 0.0169. The summed E-state index contributed by atoms with van der Waals surface area (Å²) in [6, 6.07) is 8.15. The fourth-order valence-corrected chi connectivity index (χ4v) is 3.64. The van der Waals surface area contributed by atoms with Gasteiger partial charge in [0.25, 0.3) is 5.91 Å². The van der Waals surface area contributed by atoms with Gasteiger partial charge in [0, 0.05) is 30.3 Å². The van der Waals surface area contributed by atoms with Crippen LogP contribution in [0.3, 0.4) is 0 Å². The van der Waals surface area contributed by atoms with E-state index in [1.807, 2.05) is 37.2 Å². The van der Waals surface area contributed by atoms with E-state index in [1.165, 1.54) is 5.56 Å². The van der Waals surface area contributed by atoms with Crippen LogP contribution in [0, 0.1) is 20.8 Å². The largest absolute Gasteiger partial charge is 0.350 e. The predicted molar refractivity (Wildman–Crippen MR) is 102 cm³/mol. The van der Waals surface area contributed by atoms with Crippen LogP contribution in [0.2, 0.25) is 0 Å². The van der Waals surface area contributed by atoms with Gasteiger partial charge in [0.1, 0.15) is 5.69 Å². The number of hydrogen-bond acceptors (Lipinski definition) is 2. The fraction of sp³-hybridized carbons (Fsp3) is 0.333. The highest BCUT2D eigenvalue weighted by molar-refractivity contribution is 6.02. The molecule has 0 fully saturated rings. The molecule has 0 bridgehead atoms. The van der Waals surface area contributed by atoms with E-state index in [4.69, 9.17) is 0 Å². The van der Waals surface area contributed by atoms with Crippen molar-refractivity contribution < 1.29 is 4.79 Å². The summed E-state index contributed by atoms with van der Waals surface area (Å²) in [6.45, 7) is 8.27. The molecule has 3 aromatic rings. The van der Waals surface area contributed by atoms with Gasteiger partial charge in [-0.3, -0.25) is 9.78 Å². The third-order valence-corrected chi connectivity index (χ3v) is 5.08. The first-order valence-electron chi connectivity index (χ1n) is 8.71. The molecule has 1 amide bonds. The maximum atomic E-state index is 13.2. The molecule has 0 spiro atoms. The number of carbonyl (C=O) groups excluding carboxylic acids is 1. The molecule has 4 heteroatoms. The van der Waals surface area contributed by atoms with Gasteiger partial charge in [0.05, 0.1) is 6.04 Å². The highest BCUT2D eigenvalue weighted by Gasteiger charge is 2.25. The van der Waals surface area contributed by atoms with Gasteiger partial charge >= 0.3 is 0 Å². The van der Waals surface area contributed by atoms with Gasteiger partial charge in [0.2, 0.25) is 0 Å². The Hall–Kier alpha value is -2.62. The number of aryl methyl sites for hydroxylation is 3. The molecule has 0 saturated carbocycles. The van der Waals surface area contributed by atoms with Gasteiger partial charge in [-0.1, -0.05) is 25.1 Å². The molecule has 0 aliphatic carbocycles. The van der Waals surface area contributed by atoms with Gasteiger partial charge in [-0.05, 0) is 55.5 Å². The maximum Gasteiger partial charge on any atom is 0.270 e. The predicted octanol–water partition coefficient (Wildman–Crippen LogP) is 4.71. The minimum atomic E-state index is 0.00852. The third-order valence-electron chi connectivity index (χ3n) is 5.08. The summed E-state index contributed by atoms with van der Waals surface area (Å²) in [7, 11) is 1.87. The van der Waals surface area contributed by atoms with E-state index < -0.39 is 0 Å². The Balaban J connectivity index is 2.03. The average molecular weight is 335 g/mol. The fourth-order valence-electron chi connectivity index (χ4n) is 3.64. The molecule has 0 aliphatic heterocycles. The third kappa shape index (κ3) is 2.93. The van der Waals surface area contributed by atoms with E-state index >= 15 is 0 Å². The standard InChI is InChI=1S/C21H25N3O/c1-6-17(16-8-7-11-22-12-16)24(5)21(25)20-15(4)18-13(2)9-10-14(3)19(18)23-20/h7-12,17,23H,6H2,1-5H3/t17-/m0/s1. The molecule has 0 radical (unpaired) electrons. The molecule has 2 aromatic heterocycles. The first-order valence-corrected chi connectivity index (χ1v) is 8.71. The van der Waals surface area contributed by atoms with Gasteiger partial charge in [-0.15, -0.1) is 0 Å². The number of benzene rings is 1. The van der Waals surface area contributed by atoms with Crippen LogP contribution in [0.5, 0.6) is 0 Å². The summed E-state index contributed by atoms with van der Waals surface area (Å²) in [5, 5.41) is 1.16. The topological polar surface area (TPSA) is 49.0 Å². The van der Waals surface area contributed by atoms with Crippen molar-refractivity contribution in [2.45, 2.75) is 40.2 Å². The Morgan fingerprint density at radius 1 is 1.20 bits per heavy atom. The van der Waals surface area contributed by atoms with E-state index in [-0.39, 0.29) is 11.9 Å². The maximum absolute atomic E-state index is 13.2. The smallest absolute Gasteiger partial charge is 0.270 e. The molecular formula is C21H25N3O. The second-order valence-corrected chi connectivity index (χ2v) is 6.70. The number of H-pyrrole nitrogens is 1. The number of fused-ring (bicyclic) bond motifs is 1. The van der Waals surface area contributed by atoms with Crippen molar-refractivity contribution in [1.29, 1.82) is 0 Å². The molecule has 1 N–H and O–H groups in total. The normalized spacial score (nSPS) is 12.4. The summed E-state index contributed by atoms with van der Waals surface area (Å²) in [6.07, 6.45) is 4.43. The van der Waals surface area contributed by atoms with Crippen molar-refractivity contribution in [2.24, 2.45) is 0 Å². The minimum Gasteiger partial charge on any atom is -0.350 e. The van der Waals surface area contributed by atoms with E-state index in [0.717, 1.165) is 34.0 Å². The van der Waals surface area contributed by atoms with Crippen LogP contribution in [0.1, 0.15) is 52.1 Å². The van der Waals surface area contributed by atoms with Crippen LogP contribution < -0.4 is 0 Å². The van der Waals surface area contributed by atoms with Crippen LogP contribution in [0.25, 0.3) is 10.9 Å². The molecule has 0 unspecified atom stereocenters. The van der Waals surface area contributed by atoms with Crippen molar-refractivity contribution >= 4 is 16.8 Å². The van der Waals surface area contributed by atoms with Gasteiger partial charge in [-0.25, -0.2) is 0 Å². The van der Waals surface area contributed by atoms with E-state index in [0.29, 0.717) is 5.69 Å². The van der Waals surface area contributed by atoms with Crippen molar-refractivity contribution in [1.82, 2.24) is 14.9 Å². The number of rotatable bonds is 4. The Morgan fingerprint density at radius 2 is 1.92 bits per heavy atom. The summed E-state index contributed by atoms with van der Waals surface area (Å²) in [5.41, 5.74) is 6.16. The second-order valence-electron chi connectivity index (χ2n) is 6.70. The molecule has 4 nitrogen and oxygen atoms in total. The molecule has 0 saturated heterocycles. The quantitative estimate of drug-likeness (QED) is 0.750. The van der Waals surface area contributed by atoms with Crippen LogP contribution in [-0.4, -0.2) is 27.8 Å². The van der Waals surface area contributed by atoms with Gasteiger partial charge in [0.15, 0.2) is 0 Å². The lowest BCUT2D eigenvalue weighted by molar-refractivity contribution is 0.0720. The zero-order valence-electron chi connectivity index (χ0n) is 15.6. The number of nitrogens with one attached hydrogen (secondary N) is 1. The highest BCUT2D eigenvalue weighted by atomic mass is 16.2. The Bertz CT molecular complexity index is 912. The molecule has 1 atom stereocenters. The first kappa shape index (κ1) is 17.2. The van der Waals surface area contributed by atoms with Crippen molar-refractivity contribution in [3.63, 3.8) is 0 Å². The first-order chi connectivity index (χ1) is 12.0. The van der Waals surface area contributed by atoms with Gasteiger partial charge < -0.3 is 9.88 Å². The molecule has 1 aromatic carbocycles. The second kappa shape index (κ2) is 6.71. The van der Waals surface area contributed by atoms with Crippen molar-refractivity contribution in [2.75, 3.05) is 7.05 Å². The van der Waals surface area contributed by atoms with Gasteiger partial charge in [-0.2, -0.15) is 0 Å². The van der Waals surface area contributed by atoms with Crippen molar-refractivity contribution in [3.8, 4) is 0 Å². The van der Waals surface area contributed by atoms with Crippen molar-refractivity contribution in [3.05, 3.63) is 64.6 Å². The van der Waals surface area contributed by atoms with Crippen LogP contribution in [0.15, 0.2) is 36.7 Å². The zero-order valence-corrected chi connectivity index (χ0v) is 15.6. The SMILES string of the molecule is CC[C@@H](c1cccnc1)N(C)C(=O)c1[nH]c2c(C)ccc(C)c2c1C. The number of hydrogen-bond donors (Lipinski definition) is 1. The minimum absolute atomic E-state index is 0.00852.